The fourth-order valence-electron chi connectivity index (χ4n) is 2.54. The first-order valence-corrected chi connectivity index (χ1v) is 8.95. The molecule has 0 amide bonds. The number of likely N-dealkylation sites (N-methyl/N-ethyl adjacent to an activating group) is 1. The van der Waals surface area contributed by atoms with Crippen LogP contribution in [0.4, 0.5) is 5.69 Å². The van der Waals surface area contributed by atoms with Crippen LogP contribution in [0.2, 0.25) is 0 Å². The van der Waals surface area contributed by atoms with E-state index in [4.69, 9.17) is 17.0 Å². The highest BCUT2D eigenvalue weighted by molar-refractivity contribution is 7.80. The maximum Gasteiger partial charge on any atom is 0.338 e. The Hall–Kier alpha value is -2.44. The van der Waals surface area contributed by atoms with E-state index in [0.717, 1.165) is 5.69 Å². The van der Waals surface area contributed by atoms with E-state index in [2.05, 4.69) is 27.7 Å². The monoisotopic (exact) mass is 371 g/mol. The van der Waals surface area contributed by atoms with Gasteiger partial charge in [-0.25, -0.2) is 4.79 Å². The van der Waals surface area contributed by atoms with Crippen molar-refractivity contribution in [2.24, 2.45) is 0 Å². The van der Waals surface area contributed by atoms with Crippen molar-refractivity contribution >= 4 is 29.0 Å². The van der Waals surface area contributed by atoms with E-state index < -0.39 is 0 Å². The van der Waals surface area contributed by atoms with Gasteiger partial charge in [-0.15, -0.1) is 0 Å². The van der Waals surface area contributed by atoms with Crippen molar-refractivity contribution in [1.82, 2.24) is 10.2 Å². The lowest BCUT2D eigenvalue weighted by molar-refractivity contribution is 0.0526. The number of benzene rings is 2. The van der Waals surface area contributed by atoms with E-state index in [1.54, 1.807) is 31.2 Å². The largest absolute Gasteiger partial charge is 0.462 e. The molecule has 0 bridgehead atoms. The maximum absolute atomic E-state index is 11.7. The van der Waals surface area contributed by atoms with E-state index in [0.29, 0.717) is 23.8 Å². The number of rotatable bonds is 7. The van der Waals surface area contributed by atoms with Crippen LogP contribution in [0.1, 0.15) is 28.9 Å². The number of hydrogen-bond donors (Lipinski definition) is 2. The summed E-state index contributed by atoms with van der Waals surface area (Å²) >= 11 is 5.38. The minimum absolute atomic E-state index is 0.210. The molecule has 5 nitrogen and oxygen atoms in total. The molecule has 0 saturated heterocycles. The van der Waals surface area contributed by atoms with Crippen LogP contribution in [-0.4, -0.2) is 43.2 Å². The zero-order valence-corrected chi connectivity index (χ0v) is 16.2. The van der Waals surface area contributed by atoms with Crippen LogP contribution in [0.15, 0.2) is 54.6 Å². The summed E-state index contributed by atoms with van der Waals surface area (Å²) in [5.41, 5.74) is 2.57. The maximum atomic E-state index is 11.7. The average molecular weight is 372 g/mol. The van der Waals surface area contributed by atoms with Crippen LogP contribution in [0, 0.1) is 0 Å². The van der Waals surface area contributed by atoms with Gasteiger partial charge in [-0.2, -0.15) is 0 Å². The van der Waals surface area contributed by atoms with Crippen molar-refractivity contribution in [3.05, 3.63) is 65.7 Å². The van der Waals surface area contributed by atoms with E-state index in [1.807, 2.05) is 32.3 Å². The Morgan fingerprint density at radius 3 is 2.35 bits per heavy atom. The van der Waals surface area contributed by atoms with Gasteiger partial charge in [0.15, 0.2) is 5.11 Å². The van der Waals surface area contributed by atoms with E-state index >= 15 is 0 Å². The first-order valence-electron chi connectivity index (χ1n) is 8.54. The normalized spacial score (nSPS) is 11.7. The van der Waals surface area contributed by atoms with Gasteiger partial charge < -0.3 is 20.3 Å². The molecular weight excluding hydrogens is 346 g/mol. The third-order valence-electron chi connectivity index (χ3n) is 3.92. The topological polar surface area (TPSA) is 53.6 Å². The molecule has 2 N–H and O–H groups in total. The number of anilines is 1. The van der Waals surface area contributed by atoms with Crippen molar-refractivity contribution in [3.8, 4) is 0 Å². The molecular formula is C20H25N3O2S. The zero-order valence-electron chi connectivity index (χ0n) is 15.4. The Bertz CT molecular complexity index is 718. The summed E-state index contributed by atoms with van der Waals surface area (Å²) in [5, 5.41) is 6.93. The Labute approximate surface area is 160 Å². The van der Waals surface area contributed by atoms with Crippen LogP contribution in [-0.2, 0) is 4.74 Å². The second-order valence-corrected chi connectivity index (χ2v) is 6.43. The fraction of sp³-hybridized carbons (Fsp3) is 0.300. The lowest BCUT2D eigenvalue weighted by Gasteiger charge is -2.25. The smallest absolute Gasteiger partial charge is 0.338 e. The lowest BCUT2D eigenvalue weighted by Crippen LogP contribution is -2.36. The van der Waals surface area contributed by atoms with Crippen LogP contribution in [0.5, 0.6) is 0 Å². The third kappa shape index (κ3) is 5.82. The molecule has 0 heterocycles. The number of carbonyl (C=O) groups excluding carboxylic acids is 1. The summed E-state index contributed by atoms with van der Waals surface area (Å²) in [4.78, 5) is 13.8. The Morgan fingerprint density at radius 2 is 1.77 bits per heavy atom. The zero-order chi connectivity index (χ0) is 18.9. The fourth-order valence-corrected chi connectivity index (χ4v) is 2.74. The summed E-state index contributed by atoms with van der Waals surface area (Å²) in [6.45, 7) is 2.83. The molecule has 6 heteroatoms. The molecule has 0 aliphatic heterocycles. The molecule has 0 aromatic heterocycles. The molecule has 0 aliphatic carbocycles. The molecule has 138 valence electrons. The van der Waals surface area contributed by atoms with Gasteiger partial charge in [0.05, 0.1) is 18.2 Å². The minimum Gasteiger partial charge on any atom is -0.462 e. The summed E-state index contributed by atoms with van der Waals surface area (Å²) in [5.74, 6) is -0.323. The SMILES string of the molecule is CCOC(=O)c1ccc(NC(=S)NC[C@H](c2ccccc2)N(C)C)cc1. The van der Waals surface area contributed by atoms with Crippen molar-refractivity contribution in [2.45, 2.75) is 13.0 Å². The molecule has 0 saturated carbocycles. The van der Waals surface area contributed by atoms with Crippen LogP contribution in [0.3, 0.4) is 0 Å². The highest BCUT2D eigenvalue weighted by atomic mass is 32.1. The van der Waals surface area contributed by atoms with Gasteiger partial charge in [-0.1, -0.05) is 30.3 Å². The molecule has 0 fully saturated rings. The van der Waals surface area contributed by atoms with Gasteiger partial charge >= 0.3 is 5.97 Å². The summed E-state index contributed by atoms with van der Waals surface area (Å²) in [6.07, 6.45) is 0. The second-order valence-electron chi connectivity index (χ2n) is 6.02. The Kier molecular flexibility index (Phi) is 7.56. The van der Waals surface area contributed by atoms with Crippen molar-refractivity contribution < 1.29 is 9.53 Å². The highest BCUT2D eigenvalue weighted by Gasteiger charge is 2.14. The lowest BCUT2D eigenvalue weighted by atomic mass is 10.1. The Balaban J connectivity index is 1.90. The third-order valence-corrected chi connectivity index (χ3v) is 4.16. The molecule has 2 rings (SSSR count). The van der Waals surface area contributed by atoms with Gasteiger partial charge in [0.2, 0.25) is 0 Å². The molecule has 0 spiro atoms. The molecule has 1 atom stereocenters. The predicted octanol–water partition coefficient (Wildman–Crippen LogP) is 3.45. The van der Waals surface area contributed by atoms with Gasteiger partial charge in [-0.05, 0) is 63.1 Å². The predicted molar refractivity (Wildman–Crippen MR) is 109 cm³/mol. The first kappa shape index (κ1) is 19.9. The number of nitrogens with one attached hydrogen (secondary N) is 2. The quantitative estimate of drug-likeness (QED) is 0.574. The first-order chi connectivity index (χ1) is 12.5. The molecule has 26 heavy (non-hydrogen) atoms. The van der Waals surface area contributed by atoms with E-state index in [9.17, 15) is 4.79 Å². The van der Waals surface area contributed by atoms with Gasteiger partial charge in [-0.3, -0.25) is 0 Å². The van der Waals surface area contributed by atoms with Gasteiger partial charge in [0, 0.05) is 12.2 Å². The molecule has 2 aromatic rings. The van der Waals surface area contributed by atoms with Crippen molar-refractivity contribution in [2.75, 3.05) is 32.6 Å². The van der Waals surface area contributed by atoms with E-state index in [1.165, 1.54) is 5.56 Å². The van der Waals surface area contributed by atoms with Crippen molar-refractivity contribution in [1.29, 1.82) is 0 Å². The summed E-state index contributed by atoms with van der Waals surface area (Å²) in [6, 6.07) is 17.6. The molecule has 0 unspecified atom stereocenters. The summed E-state index contributed by atoms with van der Waals surface area (Å²) < 4.78 is 4.98. The highest BCUT2D eigenvalue weighted by Crippen LogP contribution is 2.17. The Morgan fingerprint density at radius 1 is 1.12 bits per heavy atom. The molecule has 0 radical (unpaired) electrons. The number of hydrogen-bond acceptors (Lipinski definition) is 4. The van der Waals surface area contributed by atoms with Crippen LogP contribution >= 0.6 is 12.2 Å². The molecule has 2 aromatic carbocycles. The number of esters is 1. The number of nitrogens with zero attached hydrogens (tertiary/aromatic N) is 1. The second kappa shape index (κ2) is 9.89. The van der Waals surface area contributed by atoms with E-state index in [-0.39, 0.29) is 12.0 Å². The van der Waals surface area contributed by atoms with Crippen molar-refractivity contribution in [3.63, 3.8) is 0 Å². The minimum atomic E-state index is -0.323. The number of ether oxygens (including phenoxy) is 1. The number of carbonyl (C=O) groups is 1. The average Bonchev–Trinajstić information content (AvgIpc) is 2.63. The van der Waals surface area contributed by atoms with Gasteiger partial charge in [0.1, 0.15) is 0 Å². The summed E-state index contributed by atoms with van der Waals surface area (Å²) in [7, 11) is 4.09. The molecule has 0 aliphatic rings. The number of thiocarbonyl (C=S) groups is 1. The van der Waals surface area contributed by atoms with Crippen LogP contribution < -0.4 is 10.6 Å². The van der Waals surface area contributed by atoms with Gasteiger partial charge in [0.25, 0.3) is 0 Å². The van der Waals surface area contributed by atoms with Crippen LogP contribution in [0.25, 0.3) is 0 Å². The standard InChI is InChI=1S/C20H25N3O2S/c1-4-25-19(24)16-10-12-17(13-11-16)22-20(26)21-14-18(23(2)3)15-8-6-5-7-9-15/h5-13,18H,4,14H2,1-3H3,(H2,21,22,26)/t18-/m1/s1.